The molecule has 0 saturated carbocycles. The summed E-state index contributed by atoms with van der Waals surface area (Å²) >= 11 is 0. The van der Waals surface area contributed by atoms with Gasteiger partial charge in [0.15, 0.2) is 0 Å². The molecule has 1 N–H and O–H groups in total. The van der Waals surface area contributed by atoms with Crippen LogP contribution in [0.25, 0.3) is 0 Å². The van der Waals surface area contributed by atoms with Crippen molar-refractivity contribution in [3.8, 4) is 0 Å². The minimum atomic E-state index is -0.201. The van der Waals surface area contributed by atoms with Crippen LogP contribution in [0.4, 0.5) is 0 Å². The Hall–Kier alpha value is -1.95. The number of rotatable bonds is 4. The highest BCUT2D eigenvalue weighted by molar-refractivity contribution is 5.25. The SMILES string of the molecule is COC1(c2ccccc2)CCN(Cc2ccc3n(c2=O)C[C@@H]2CNC[C@H]3C2)CC1. The minimum Gasteiger partial charge on any atom is -0.373 e. The van der Waals surface area contributed by atoms with Crippen LogP contribution in [0.15, 0.2) is 47.3 Å². The first-order valence-electron chi connectivity index (χ1n) is 10.9. The lowest BCUT2D eigenvalue weighted by molar-refractivity contribution is -0.0638. The second-order valence-electron chi connectivity index (χ2n) is 9.00. The van der Waals surface area contributed by atoms with E-state index in [0.29, 0.717) is 11.8 Å². The van der Waals surface area contributed by atoms with E-state index in [1.54, 1.807) is 0 Å². The predicted octanol–water partition coefficient (Wildman–Crippen LogP) is 2.69. The highest BCUT2D eigenvalue weighted by atomic mass is 16.5. The van der Waals surface area contributed by atoms with Gasteiger partial charge >= 0.3 is 0 Å². The second-order valence-corrected chi connectivity index (χ2v) is 9.00. The molecule has 5 rings (SSSR count). The number of ether oxygens (including phenoxy) is 1. The van der Waals surface area contributed by atoms with Crippen molar-refractivity contribution in [3.63, 3.8) is 0 Å². The van der Waals surface area contributed by atoms with Gasteiger partial charge in [0.05, 0.1) is 5.60 Å². The van der Waals surface area contributed by atoms with Gasteiger partial charge in [-0.25, -0.2) is 0 Å². The van der Waals surface area contributed by atoms with Gasteiger partial charge in [0.1, 0.15) is 0 Å². The molecular formula is C24H31N3O2. The quantitative estimate of drug-likeness (QED) is 0.868. The van der Waals surface area contributed by atoms with Crippen molar-refractivity contribution in [1.29, 1.82) is 0 Å². The van der Waals surface area contributed by atoms with Crippen LogP contribution in [0.5, 0.6) is 0 Å². The van der Waals surface area contributed by atoms with E-state index in [1.165, 1.54) is 17.7 Å². The average Bonchev–Trinajstić information content (AvgIpc) is 2.78. The number of pyridine rings is 1. The van der Waals surface area contributed by atoms with Gasteiger partial charge in [-0.1, -0.05) is 36.4 Å². The number of methoxy groups -OCH3 is 1. The lowest BCUT2D eigenvalue weighted by Gasteiger charge is -2.41. The van der Waals surface area contributed by atoms with E-state index in [0.717, 1.165) is 57.7 Å². The molecule has 154 valence electrons. The van der Waals surface area contributed by atoms with E-state index >= 15 is 0 Å². The van der Waals surface area contributed by atoms with E-state index in [-0.39, 0.29) is 11.2 Å². The van der Waals surface area contributed by atoms with Crippen LogP contribution in [0.3, 0.4) is 0 Å². The molecule has 2 atom stereocenters. The van der Waals surface area contributed by atoms with Gasteiger partial charge in [0, 0.05) is 57.0 Å². The predicted molar refractivity (Wildman–Crippen MR) is 114 cm³/mol. The molecule has 2 aromatic rings. The monoisotopic (exact) mass is 393 g/mol. The summed E-state index contributed by atoms with van der Waals surface area (Å²) in [5, 5.41) is 3.52. The van der Waals surface area contributed by atoms with Crippen molar-refractivity contribution in [2.24, 2.45) is 5.92 Å². The number of fused-ring (bicyclic) bond motifs is 4. The van der Waals surface area contributed by atoms with Crippen molar-refractivity contribution in [3.05, 3.63) is 69.6 Å². The first-order chi connectivity index (χ1) is 14.2. The normalized spacial score (nSPS) is 26.1. The largest absolute Gasteiger partial charge is 0.373 e. The Bertz CT molecular complexity index is 915. The number of hydrogen-bond donors (Lipinski definition) is 1. The Balaban J connectivity index is 1.31. The Morgan fingerprint density at radius 1 is 1.10 bits per heavy atom. The number of hydrogen-bond acceptors (Lipinski definition) is 4. The summed E-state index contributed by atoms with van der Waals surface area (Å²) in [6.07, 6.45) is 3.13. The van der Waals surface area contributed by atoms with Crippen molar-refractivity contribution in [2.45, 2.75) is 43.9 Å². The molecule has 0 spiro atoms. The van der Waals surface area contributed by atoms with Gasteiger partial charge in [-0.3, -0.25) is 9.69 Å². The molecule has 29 heavy (non-hydrogen) atoms. The molecule has 0 radical (unpaired) electrons. The molecule has 5 heteroatoms. The lowest BCUT2D eigenvalue weighted by atomic mass is 9.83. The van der Waals surface area contributed by atoms with Crippen LogP contribution in [-0.2, 0) is 23.4 Å². The second kappa shape index (κ2) is 7.71. The zero-order valence-corrected chi connectivity index (χ0v) is 17.3. The van der Waals surface area contributed by atoms with Crippen LogP contribution >= 0.6 is 0 Å². The molecule has 0 amide bonds. The molecule has 0 aliphatic carbocycles. The Kier molecular flexibility index (Phi) is 5.06. The van der Waals surface area contributed by atoms with E-state index < -0.39 is 0 Å². The number of nitrogens with zero attached hydrogens (tertiary/aromatic N) is 2. The third-order valence-corrected chi connectivity index (χ3v) is 7.34. The number of piperidine rings is 2. The number of likely N-dealkylation sites (tertiary alicyclic amines) is 1. The molecule has 4 heterocycles. The summed E-state index contributed by atoms with van der Waals surface area (Å²) in [5.41, 5.74) is 3.45. The first kappa shape index (κ1) is 19.0. The highest BCUT2D eigenvalue weighted by Crippen LogP contribution is 2.36. The van der Waals surface area contributed by atoms with Crippen molar-refractivity contribution in [2.75, 3.05) is 33.3 Å². The zero-order chi connectivity index (χ0) is 19.8. The summed E-state index contributed by atoms with van der Waals surface area (Å²) in [7, 11) is 1.82. The van der Waals surface area contributed by atoms with Gasteiger partial charge in [-0.2, -0.15) is 0 Å². The van der Waals surface area contributed by atoms with Crippen LogP contribution in [0.2, 0.25) is 0 Å². The van der Waals surface area contributed by atoms with E-state index in [4.69, 9.17) is 4.74 Å². The van der Waals surface area contributed by atoms with Crippen molar-refractivity contribution >= 4 is 0 Å². The molecule has 5 nitrogen and oxygen atoms in total. The van der Waals surface area contributed by atoms with Crippen LogP contribution < -0.4 is 10.9 Å². The molecule has 2 saturated heterocycles. The molecular weight excluding hydrogens is 362 g/mol. The van der Waals surface area contributed by atoms with E-state index in [9.17, 15) is 4.79 Å². The van der Waals surface area contributed by atoms with E-state index in [1.807, 2.05) is 7.11 Å². The number of aromatic nitrogens is 1. The van der Waals surface area contributed by atoms with E-state index in [2.05, 4.69) is 57.2 Å². The third kappa shape index (κ3) is 3.45. The number of benzene rings is 1. The Morgan fingerprint density at radius 3 is 2.66 bits per heavy atom. The summed E-state index contributed by atoms with van der Waals surface area (Å²) in [6, 6.07) is 14.8. The molecule has 0 unspecified atom stereocenters. The van der Waals surface area contributed by atoms with Gasteiger partial charge in [-0.15, -0.1) is 0 Å². The van der Waals surface area contributed by atoms with Crippen LogP contribution in [0.1, 0.15) is 42.0 Å². The molecule has 2 bridgehead atoms. The Morgan fingerprint density at radius 2 is 1.90 bits per heavy atom. The van der Waals surface area contributed by atoms with Crippen molar-refractivity contribution in [1.82, 2.24) is 14.8 Å². The van der Waals surface area contributed by atoms with Gasteiger partial charge in [0.2, 0.25) is 0 Å². The molecule has 3 aliphatic heterocycles. The molecule has 1 aromatic heterocycles. The van der Waals surface area contributed by atoms with Gasteiger partial charge in [0.25, 0.3) is 5.56 Å². The molecule has 3 aliphatic rings. The maximum atomic E-state index is 13.2. The topological polar surface area (TPSA) is 46.5 Å². The van der Waals surface area contributed by atoms with Crippen LogP contribution in [-0.4, -0.2) is 42.8 Å². The standard InChI is InChI=1S/C24H31N3O2/c1-29-24(21-5-3-2-4-6-21)9-11-26(12-10-24)17-19-7-8-22-20-13-18(14-25-15-20)16-27(22)23(19)28/h2-8,18,20,25H,9-17H2,1H3/t18-,20+/m0/s1. The third-order valence-electron chi connectivity index (χ3n) is 7.34. The minimum absolute atomic E-state index is 0.201. The maximum absolute atomic E-state index is 13.2. The summed E-state index contributed by atoms with van der Waals surface area (Å²) in [6.45, 7) is 5.53. The van der Waals surface area contributed by atoms with Gasteiger partial charge < -0.3 is 14.6 Å². The molecule has 1 aromatic carbocycles. The van der Waals surface area contributed by atoms with Crippen LogP contribution in [0, 0.1) is 5.92 Å². The average molecular weight is 394 g/mol. The Labute approximate surface area is 172 Å². The highest BCUT2D eigenvalue weighted by Gasteiger charge is 2.36. The zero-order valence-electron chi connectivity index (χ0n) is 17.3. The van der Waals surface area contributed by atoms with Crippen molar-refractivity contribution < 1.29 is 4.74 Å². The van der Waals surface area contributed by atoms with Gasteiger partial charge in [-0.05, 0) is 43.4 Å². The number of nitrogens with one attached hydrogen (secondary N) is 1. The summed E-state index contributed by atoms with van der Waals surface area (Å²) < 4.78 is 8.08. The fraction of sp³-hybridized carbons (Fsp3) is 0.542. The summed E-state index contributed by atoms with van der Waals surface area (Å²) in [5.74, 6) is 1.09. The first-order valence-corrected chi connectivity index (χ1v) is 10.9. The smallest absolute Gasteiger partial charge is 0.255 e. The maximum Gasteiger partial charge on any atom is 0.255 e. The fourth-order valence-corrected chi connectivity index (χ4v) is 5.62. The molecule has 2 fully saturated rings. The fourth-order valence-electron chi connectivity index (χ4n) is 5.62. The lowest BCUT2D eigenvalue weighted by Crippen LogP contribution is -2.46. The summed E-state index contributed by atoms with van der Waals surface area (Å²) in [4.78, 5) is 15.6.